The third kappa shape index (κ3) is 2.79. The number of carbonyl (C=O) groups is 1. The Kier molecular flexibility index (Phi) is 3.90. The number of hydrogen-bond acceptors (Lipinski definition) is 4. The molecule has 0 aromatic carbocycles. The SMILES string of the molecule is COC(=O)C(N)Cc1ccsc1Br. The van der Waals surface area contributed by atoms with Crippen LogP contribution in [0, 0.1) is 0 Å². The number of nitrogens with two attached hydrogens (primary N) is 1. The van der Waals surface area contributed by atoms with Gasteiger partial charge in [-0.1, -0.05) is 0 Å². The first-order valence-electron chi connectivity index (χ1n) is 3.70. The van der Waals surface area contributed by atoms with Crippen molar-refractivity contribution in [1.29, 1.82) is 0 Å². The number of ether oxygens (including phenoxy) is 1. The van der Waals surface area contributed by atoms with Crippen molar-refractivity contribution in [2.45, 2.75) is 12.5 Å². The second-order valence-corrected chi connectivity index (χ2v) is 4.79. The highest BCUT2D eigenvalue weighted by Crippen LogP contribution is 2.24. The van der Waals surface area contributed by atoms with E-state index < -0.39 is 6.04 Å². The summed E-state index contributed by atoms with van der Waals surface area (Å²) in [6.07, 6.45) is 0.511. The zero-order valence-corrected chi connectivity index (χ0v) is 9.52. The molecule has 0 bridgehead atoms. The molecule has 1 rings (SSSR count). The van der Waals surface area contributed by atoms with E-state index in [1.165, 1.54) is 7.11 Å². The van der Waals surface area contributed by atoms with Crippen LogP contribution in [0.25, 0.3) is 0 Å². The minimum atomic E-state index is -0.573. The van der Waals surface area contributed by atoms with Crippen LogP contribution in [0.4, 0.5) is 0 Å². The van der Waals surface area contributed by atoms with Crippen molar-refractivity contribution < 1.29 is 9.53 Å². The van der Waals surface area contributed by atoms with E-state index in [0.717, 1.165) is 9.35 Å². The van der Waals surface area contributed by atoms with Crippen LogP contribution in [-0.4, -0.2) is 19.1 Å². The Labute approximate surface area is 89.0 Å². The smallest absolute Gasteiger partial charge is 0.322 e. The molecule has 1 atom stereocenters. The van der Waals surface area contributed by atoms with Crippen molar-refractivity contribution in [2.75, 3.05) is 7.11 Å². The molecule has 0 aliphatic heterocycles. The molecule has 1 aromatic rings. The Morgan fingerprint density at radius 3 is 3.00 bits per heavy atom. The van der Waals surface area contributed by atoms with Gasteiger partial charge in [0.25, 0.3) is 0 Å². The molecule has 1 aromatic heterocycles. The number of thiophene rings is 1. The molecule has 13 heavy (non-hydrogen) atoms. The highest BCUT2D eigenvalue weighted by Gasteiger charge is 2.15. The van der Waals surface area contributed by atoms with Crippen LogP contribution in [-0.2, 0) is 16.0 Å². The van der Waals surface area contributed by atoms with E-state index in [4.69, 9.17) is 5.73 Å². The Hall–Kier alpha value is -0.390. The number of carbonyl (C=O) groups excluding carboxylic acids is 1. The van der Waals surface area contributed by atoms with Gasteiger partial charge in [-0.05, 0) is 32.9 Å². The van der Waals surface area contributed by atoms with Crippen molar-refractivity contribution in [2.24, 2.45) is 5.73 Å². The number of halogens is 1. The lowest BCUT2D eigenvalue weighted by atomic mass is 10.1. The van der Waals surface area contributed by atoms with Gasteiger partial charge in [-0.3, -0.25) is 4.79 Å². The topological polar surface area (TPSA) is 52.3 Å². The maximum Gasteiger partial charge on any atom is 0.322 e. The molecule has 0 aliphatic carbocycles. The Morgan fingerprint density at radius 2 is 2.54 bits per heavy atom. The number of esters is 1. The van der Waals surface area contributed by atoms with Gasteiger partial charge in [0.1, 0.15) is 6.04 Å². The monoisotopic (exact) mass is 263 g/mol. The molecule has 0 amide bonds. The van der Waals surface area contributed by atoms with Crippen molar-refractivity contribution in [3.05, 3.63) is 20.8 Å². The van der Waals surface area contributed by atoms with Crippen LogP contribution in [0.15, 0.2) is 15.2 Å². The fourth-order valence-electron chi connectivity index (χ4n) is 0.937. The summed E-state index contributed by atoms with van der Waals surface area (Å²) in [5.74, 6) is -0.377. The van der Waals surface area contributed by atoms with Gasteiger partial charge in [0.15, 0.2) is 0 Å². The lowest BCUT2D eigenvalue weighted by molar-refractivity contribution is -0.142. The van der Waals surface area contributed by atoms with E-state index in [1.54, 1.807) is 11.3 Å². The quantitative estimate of drug-likeness (QED) is 0.843. The number of rotatable bonds is 3. The molecule has 2 N–H and O–H groups in total. The minimum absolute atomic E-state index is 0.377. The van der Waals surface area contributed by atoms with Crippen LogP contribution in [0.1, 0.15) is 5.56 Å². The largest absolute Gasteiger partial charge is 0.468 e. The second kappa shape index (κ2) is 4.74. The van der Waals surface area contributed by atoms with E-state index in [9.17, 15) is 4.79 Å². The summed E-state index contributed by atoms with van der Waals surface area (Å²) in [5, 5.41) is 1.95. The first kappa shape index (κ1) is 10.7. The van der Waals surface area contributed by atoms with Gasteiger partial charge in [0.2, 0.25) is 0 Å². The van der Waals surface area contributed by atoms with Gasteiger partial charge < -0.3 is 10.5 Å². The Bertz CT molecular complexity index is 300. The molecule has 72 valence electrons. The fourth-order valence-corrected chi connectivity index (χ4v) is 2.21. The standard InChI is InChI=1S/C8H10BrNO2S/c1-12-8(11)6(10)4-5-2-3-13-7(5)9/h2-3,6H,4,10H2,1H3. The van der Waals surface area contributed by atoms with Gasteiger partial charge in [-0.25, -0.2) is 0 Å². The molecule has 3 nitrogen and oxygen atoms in total. The normalized spacial score (nSPS) is 12.5. The molecule has 0 fully saturated rings. The zero-order valence-electron chi connectivity index (χ0n) is 7.12. The summed E-state index contributed by atoms with van der Waals surface area (Å²) in [5.41, 5.74) is 6.64. The predicted molar refractivity (Wildman–Crippen MR) is 55.7 cm³/mol. The van der Waals surface area contributed by atoms with E-state index in [2.05, 4.69) is 20.7 Å². The Balaban J connectivity index is 2.59. The number of hydrogen-bond donors (Lipinski definition) is 1. The van der Waals surface area contributed by atoms with Crippen molar-refractivity contribution >= 4 is 33.2 Å². The van der Waals surface area contributed by atoms with E-state index in [-0.39, 0.29) is 5.97 Å². The first-order valence-corrected chi connectivity index (χ1v) is 5.37. The molecule has 0 saturated heterocycles. The molecule has 0 saturated carbocycles. The van der Waals surface area contributed by atoms with Crippen LogP contribution >= 0.6 is 27.3 Å². The Morgan fingerprint density at radius 1 is 1.85 bits per heavy atom. The van der Waals surface area contributed by atoms with Gasteiger partial charge in [-0.15, -0.1) is 11.3 Å². The predicted octanol–water partition coefficient (Wildman–Crippen LogP) is 1.55. The van der Waals surface area contributed by atoms with Crippen LogP contribution in [0.3, 0.4) is 0 Å². The van der Waals surface area contributed by atoms with Gasteiger partial charge >= 0.3 is 5.97 Å². The molecular weight excluding hydrogens is 254 g/mol. The fraction of sp³-hybridized carbons (Fsp3) is 0.375. The van der Waals surface area contributed by atoms with Crippen LogP contribution < -0.4 is 5.73 Å². The average molecular weight is 264 g/mol. The second-order valence-electron chi connectivity index (χ2n) is 2.55. The molecule has 0 aliphatic rings. The third-order valence-corrected chi connectivity index (χ3v) is 3.45. The number of methoxy groups -OCH3 is 1. The lowest BCUT2D eigenvalue weighted by Gasteiger charge is -2.07. The molecule has 1 heterocycles. The maximum atomic E-state index is 11.0. The van der Waals surface area contributed by atoms with E-state index in [0.29, 0.717) is 6.42 Å². The lowest BCUT2D eigenvalue weighted by Crippen LogP contribution is -2.33. The van der Waals surface area contributed by atoms with Crippen molar-refractivity contribution in [1.82, 2.24) is 0 Å². The highest BCUT2D eigenvalue weighted by molar-refractivity contribution is 9.11. The minimum Gasteiger partial charge on any atom is -0.468 e. The molecule has 0 radical (unpaired) electrons. The summed E-state index contributed by atoms with van der Waals surface area (Å²) in [6, 6.07) is 1.37. The molecule has 1 unspecified atom stereocenters. The highest BCUT2D eigenvalue weighted by atomic mass is 79.9. The summed E-state index contributed by atoms with van der Waals surface area (Å²) in [4.78, 5) is 11.0. The summed E-state index contributed by atoms with van der Waals surface area (Å²) in [7, 11) is 1.34. The molecular formula is C8H10BrNO2S. The van der Waals surface area contributed by atoms with Crippen LogP contribution in [0.5, 0.6) is 0 Å². The van der Waals surface area contributed by atoms with E-state index in [1.807, 2.05) is 11.4 Å². The maximum absolute atomic E-state index is 11.0. The summed E-state index contributed by atoms with van der Waals surface area (Å²) < 4.78 is 5.55. The van der Waals surface area contributed by atoms with Crippen molar-refractivity contribution in [3.8, 4) is 0 Å². The summed E-state index contributed by atoms with van der Waals surface area (Å²) in [6.45, 7) is 0. The van der Waals surface area contributed by atoms with Gasteiger partial charge in [0.05, 0.1) is 10.9 Å². The summed E-state index contributed by atoms with van der Waals surface area (Å²) >= 11 is 4.95. The zero-order chi connectivity index (χ0) is 9.84. The van der Waals surface area contributed by atoms with E-state index >= 15 is 0 Å². The average Bonchev–Trinajstić information content (AvgIpc) is 2.50. The first-order chi connectivity index (χ1) is 6.15. The van der Waals surface area contributed by atoms with Gasteiger partial charge in [0, 0.05) is 6.42 Å². The third-order valence-electron chi connectivity index (χ3n) is 1.64. The van der Waals surface area contributed by atoms with Gasteiger partial charge in [-0.2, -0.15) is 0 Å². The van der Waals surface area contributed by atoms with Crippen molar-refractivity contribution in [3.63, 3.8) is 0 Å². The molecule has 5 heteroatoms. The molecule has 0 spiro atoms. The van der Waals surface area contributed by atoms with Crippen LogP contribution in [0.2, 0.25) is 0 Å².